The monoisotopic (exact) mass is 409 g/mol. The number of carbonyl (C=O) groups excluding carboxylic acids is 2. The predicted octanol–water partition coefficient (Wildman–Crippen LogP) is 3.54. The Balaban J connectivity index is 1.71. The van der Waals surface area contributed by atoms with Crippen molar-refractivity contribution in [2.24, 2.45) is 0 Å². The summed E-state index contributed by atoms with van der Waals surface area (Å²) in [6.07, 6.45) is 0. The van der Waals surface area contributed by atoms with Crippen LogP contribution < -0.4 is 19.5 Å². The molecule has 25 heavy (non-hydrogen) atoms. The number of amides is 1. The Labute approximate surface area is 151 Å². The molecule has 8 heteroatoms. The lowest BCUT2D eigenvalue weighted by atomic mass is 10.1. The van der Waals surface area contributed by atoms with Crippen LogP contribution in [-0.2, 0) is 4.79 Å². The number of nitrogens with one attached hydrogen (secondary N) is 1. The number of rotatable bonds is 5. The maximum Gasteiger partial charge on any atom is 0.262 e. The minimum absolute atomic E-state index is 0.0455. The van der Waals surface area contributed by atoms with Gasteiger partial charge in [-0.05, 0) is 31.2 Å². The van der Waals surface area contributed by atoms with E-state index in [1.54, 1.807) is 6.07 Å². The van der Waals surface area contributed by atoms with Crippen molar-refractivity contribution in [1.29, 1.82) is 0 Å². The second-order valence-electron chi connectivity index (χ2n) is 5.22. The average molecular weight is 410 g/mol. The highest BCUT2D eigenvalue weighted by molar-refractivity contribution is 9.10. The van der Waals surface area contributed by atoms with Gasteiger partial charge in [0.15, 0.2) is 35.5 Å². The molecule has 1 amide bonds. The molecule has 1 aliphatic rings. The summed E-state index contributed by atoms with van der Waals surface area (Å²) >= 11 is 3.14. The van der Waals surface area contributed by atoms with E-state index in [1.165, 1.54) is 31.2 Å². The lowest BCUT2D eigenvalue weighted by Crippen LogP contribution is -2.21. The molecule has 0 atom stereocenters. The van der Waals surface area contributed by atoms with Crippen molar-refractivity contribution in [2.75, 3.05) is 18.7 Å². The topological polar surface area (TPSA) is 73.9 Å². The van der Waals surface area contributed by atoms with Gasteiger partial charge in [-0.1, -0.05) is 15.9 Å². The van der Waals surface area contributed by atoms with Gasteiger partial charge in [-0.15, -0.1) is 0 Å². The molecule has 0 radical (unpaired) electrons. The Morgan fingerprint density at radius 3 is 2.64 bits per heavy atom. The van der Waals surface area contributed by atoms with Gasteiger partial charge in [-0.3, -0.25) is 9.59 Å². The molecule has 0 aromatic heterocycles. The van der Waals surface area contributed by atoms with Gasteiger partial charge >= 0.3 is 0 Å². The van der Waals surface area contributed by atoms with Crippen molar-refractivity contribution in [3.05, 3.63) is 46.2 Å². The first-order chi connectivity index (χ1) is 11.9. The molecule has 0 unspecified atom stereocenters. The number of halogens is 2. The van der Waals surface area contributed by atoms with Crippen LogP contribution in [0.4, 0.5) is 10.1 Å². The SMILES string of the molecule is CC(=O)c1cc2c(cc1NC(=O)COc1ccc(Br)cc1F)OCO2. The van der Waals surface area contributed by atoms with E-state index in [0.29, 0.717) is 16.0 Å². The van der Waals surface area contributed by atoms with Crippen LogP contribution in [0.1, 0.15) is 17.3 Å². The van der Waals surface area contributed by atoms with Crippen LogP contribution in [0.15, 0.2) is 34.8 Å². The molecular weight excluding hydrogens is 397 g/mol. The number of fused-ring (bicyclic) bond motifs is 1. The fourth-order valence-electron chi connectivity index (χ4n) is 2.26. The first-order valence-corrected chi connectivity index (χ1v) is 8.05. The maximum atomic E-state index is 13.7. The number of benzene rings is 2. The summed E-state index contributed by atoms with van der Waals surface area (Å²) in [4.78, 5) is 23.9. The molecule has 2 aromatic rings. The fourth-order valence-corrected chi connectivity index (χ4v) is 2.59. The first kappa shape index (κ1) is 17.2. The van der Waals surface area contributed by atoms with Crippen LogP contribution in [0.25, 0.3) is 0 Å². The summed E-state index contributed by atoms with van der Waals surface area (Å²) in [7, 11) is 0. The zero-order valence-electron chi connectivity index (χ0n) is 13.1. The highest BCUT2D eigenvalue weighted by Gasteiger charge is 2.20. The number of ether oxygens (including phenoxy) is 3. The van der Waals surface area contributed by atoms with Gasteiger partial charge in [-0.25, -0.2) is 4.39 Å². The van der Waals surface area contributed by atoms with E-state index in [-0.39, 0.29) is 29.6 Å². The van der Waals surface area contributed by atoms with E-state index in [4.69, 9.17) is 14.2 Å². The summed E-state index contributed by atoms with van der Waals surface area (Å²) in [6.45, 7) is 1.02. The first-order valence-electron chi connectivity index (χ1n) is 7.26. The third-order valence-corrected chi connectivity index (χ3v) is 3.91. The quantitative estimate of drug-likeness (QED) is 0.764. The number of hydrogen-bond acceptors (Lipinski definition) is 5. The number of carbonyl (C=O) groups is 2. The Bertz CT molecular complexity index is 855. The average Bonchev–Trinajstić information content (AvgIpc) is 3.00. The lowest BCUT2D eigenvalue weighted by Gasteiger charge is -2.11. The Morgan fingerprint density at radius 1 is 1.24 bits per heavy atom. The van der Waals surface area contributed by atoms with Crippen molar-refractivity contribution < 1.29 is 28.2 Å². The smallest absolute Gasteiger partial charge is 0.262 e. The molecule has 0 saturated heterocycles. The highest BCUT2D eigenvalue weighted by atomic mass is 79.9. The minimum Gasteiger partial charge on any atom is -0.481 e. The molecule has 1 heterocycles. The summed E-state index contributed by atoms with van der Waals surface area (Å²) in [5.74, 6) is -0.542. The number of ketones is 1. The van der Waals surface area contributed by atoms with E-state index in [0.717, 1.165) is 0 Å². The van der Waals surface area contributed by atoms with E-state index in [9.17, 15) is 14.0 Å². The van der Waals surface area contributed by atoms with Crippen molar-refractivity contribution in [2.45, 2.75) is 6.92 Å². The Kier molecular flexibility index (Phi) is 4.89. The molecule has 0 spiro atoms. The van der Waals surface area contributed by atoms with Crippen molar-refractivity contribution in [3.8, 4) is 17.2 Å². The standard InChI is InChI=1S/C17H13BrFNO5/c1-9(21)11-5-15-16(25-8-24-15)6-13(11)20-17(22)7-23-14-3-2-10(18)4-12(14)19/h2-6H,7-8H2,1H3,(H,20,22). The second kappa shape index (κ2) is 7.10. The molecule has 2 aromatic carbocycles. The number of hydrogen-bond donors (Lipinski definition) is 1. The van der Waals surface area contributed by atoms with Crippen LogP contribution in [0.2, 0.25) is 0 Å². The van der Waals surface area contributed by atoms with Gasteiger partial charge in [-0.2, -0.15) is 0 Å². The lowest BCUT2D eigenvalue weighted by molar-refractivity contribution is -0.118. The molecular formula is C17H13BrFNO5. The molecule has 0 fully saturated rings. The molecule has 0 aliphatic carbocycles. The fraction of sp³-hybridized carbons (Fsp3) is 0.176. The molecule has 1 N–H and O–H groups in total. The minimum atomic E-state index is -0.588. The van der Waals surface area contributed by atoms with Crippen LogP contribution in [0, 0.1) is 5.82 Å². The Hall–Kier alpha value is -2.61. The number of Topliss-reactive ketones (excluding diaryl/α,β-unsaturated/α-hetero) is 1. The van der Waals surface area contributed by atoms with Gasteiger partial charge in [0.2, 0.25) is 6.79 Å². The summed E-state index contributed by atoms with van der Waals surface area (Å²) < 4.78 is 29.9. The summed E-state index contributed by atoms with van der Waals surface area (Å²) in [5.41, 5.74) is 0.564. The zero-order valence-corrected chi connectivity index (χ0v) is 14.7. The normalized spacial score (nSPS) is 12.0. The van der Waals surface area contributed by atoms with Crippen molar-refractivity contribution in [3.63, 3.8) is 0 Å². The predicted molar refractivity (Wildman–Crippen MR) is 90.8 cm³/mol. The molecule has 0 saturated carbocycles. The van der Waals surface area contributed by atoms with Crippen LogP contribution in [0.3, 0.4) is 0 Å². The molecule has 1 aliphatic heterocycles. The van der Waals surface area contributed by atoms with Gasteiger partial charge in [0.1, 0.15) is 0 Å². The van der Waals surface area contributed by atoms with Crippen LogP contribution in [0.5, 0.6) is 17.2 Å². The molecule has 6 nitrogen and oxygen atoms in total. The summed E-state index contributed by atoms with van der Waals surface area (Å²) in [5, 5.41) is 2.57. The molecule has 3 rings (SSSR count). The van der Waals surface area contributed by atoms with Crippen LogP contribution in [-0.4, -0.2) is 25.1 Å². The maximum absolute atomic E-state index is 13.7. The van der Waals surface area contributed by atoms with E-state index in [1.807, 2.05) is 0 Å². The molecule has 130 valence electrons. The largest absolute Gasteiger partial charge is 0.481 e. The zero-order chi connectivity index (χ0) is 18.0. The van der Waals surface area contributed by atoms with E-state index < -0.39 is 18.3 Å². The van der Waals surface area contributed by atoms with Gasteiger partial charge in [0, 0.05) is 16.1 Å². The van der Waals surface area contributed by atoms with Gasteiger partial charge < -0.3 is 19.5 Å². The van der Waals surface area contributed by atoms with Crippen LogP contribution >= 0.6 is 15.9 Å². The Morgan fingerprint density at radius 2 is 1.96 bits per heavy atom. The van der Waals surface area contributed by atoms with Crippen molar-refractivity contribution >= 4 is 33.3 Å². The third-order valence-electron chi connectivity index (χ3n) is 3.42. The molecule has 0 bridgehead atoms. The highest BCUT2D eigenvalue weighted by Crippen LogP contribution is 2.37. The van der Waals surface area contributed by atoms with E-state index in [2.05, 4.69) is 21.2 Å². The van der Waals surface area contributed by atoms with Gasteiger partial charge in [0.05, 0.1) is 5.69 Å². The third kappa shape index (κ3) is 3.90. The summed E-state index contributed by atoms with van der Waals surface area (Å²) in [6, 6.07) is 7.27. The second-order valence-corrected chi connectivity index (χ2v) is 6.13. The van der Waals surface area contributed by atoms with E-state index >= 15 is 0 Å². The van der Waals surface area contributed by atoms with Gasteiger partial charge in [0.25, 0.3) is 5.91 Å². The number of anilines is 1. The van der Waals surface area contributed by atoms with Crippen molar-refractivity contribution in [1.82, 2.24) is 0 Å².